The van der Waals surface area contributed by atoms with Crippen LogP contribution in [0.2, 0.25) is 0 Å². The smallest absolute Gasteiger partial charge is 0.340 e. The molecular weight excluding hydrogens is 406 g/mol. The van der Waals surface area contributed by atoms with E-state index in [0.717, 1.165) is 18.4 Å². The van der Waals surface area contributed by atoms with Crippen molar-refractivity contribution in [3.63, 3.8) is 0 Å². The maximum absolute atomic E-state index is 13.3. The SMILES string of the molecule is Cc1[nH]c(C(=O)N2CCC[C@@H](C(=O)N[C@@H](C)c3ccccc3)C2)c(C)c1C(=O)OC(C)C. The van der Waals surface area contributed by atoms with Crippen molar-refractivity contribution in [1.29, 1.82) is 0 Å². The first-order chi connectivity index (χ1) is 15.2. The Bertz CT molecular complexity index is 981. The predicted octanol–water partition coefficient (Wildman–Crippen LogP) is 3.93. The number of ether oxygens (including phenoxy) is 1. The Kier molecular flexibility index (Phi) is 7.38. The number of aryl methyl sites for hydroxylation is 1. The molecule has 0 unspecified atom stereocenters. The molecule has 2 N–H and O–H groups in total. The molecule has 1 fully saturated rings. The highest BCUT2D eigenvalue weighted by Crippen LogP contribution is 2.24. The van der Waals surface area contributed by atoms with Crippen LogP contribution >= 0.6 is 0 Å². The number of nitrogens with one attached hydrogen (secondary N) is 2. The third-order valence-corrected chi connectivity index (χ3v) is 5.94. The van der Waals surface area contributed by atoms with Crippen LogP contribution in [0.15, 0.2) is 30.3 Å². The lowest BCUT2D eigenvalue weighted by Gasteiger charge is -2.32. The number of piperidine rings is 1. The molecule has 3 rings (SSSR count). The van der Waals surface area contributed by atoms with Crippen LogP contribution in [0.4, 0.5) is 0 Å². The molecule has 2 aromatic rings. The number of benzene rings is 1. The van der Waals surface area contributed by atoms with Gasteiger partial charge in [-0.1, -0.05) is 30.3 Å². The lowest BCUT2D eigenvalue weighted by atomic mass is 9.95. The van der Waals surface area contributed by atoms with Gasteiger partial charge in [-0.2, -0.15) is 0 Å². The average molecular weight is 440 g/mol. The van der Waals surface area contributed by atoms with Crippen molar-refractivity contribution in [3.05, 3.63) is 58.4 Å². The number of nitrogens with zero attached hydrogens (tertiary/aromatic N) is 1. The summed E-state index contributed by atoms with van der Waals surface area (Å²) in [6.07, 6.45) is 1.26. The molecule has 2 heterocycles. The molecule has 1 aromatic carbocycles. The zero-order valence-electron chi connectivity index (χ0n) is 19.5. The number of carbonyl (C=O) groups is 3. The molecule has 7 nitrogen and oxygen atoms in total. The van der Waals surface area contributed by atoms with Crippen molar-refractivity contribution in [1.82, 2.24) is 15.2 Å². The molecule has 2 atom stereocenters. The number of hydrogen-bond donors (Lipinski definition) is 2. The average Bonchev–Trinajstić information content (AvgIpc) is 3.07. The number of carbonyl (C=O) groups excluding carboxylic acids is 3. The number of aromatic amines is 1. The lowest BCUT2D eigenvalue weighted by molar-refractivity contribution is -0.127. The highest BCUT2D eigenvalue weighted by atomic mass is 16.5. The fourth-order valence-electron chi connectivity index (χ4n) is 4.23. The summed E-state index contributed by atoms with van der Waals surface area (Å²) in [7, 11) is 0. The van der Waals surface area contributed by atoms with Crippen molar-refractivity contribution in [3.8, 4) is 0 Å². The number of H-pyrrole nitrogens is 1. The first kappa shape index (κ1) is 23.6. The Hall–Kier alpha value is -3.09. The van der Waals surface area contributed by atoms with Crippen LogP contribution < -0.4 is 5.32 Å². The molecule has 0 saturated carbocycles. The highest BCUT2D eigenvalue weighted by molar-refractivity contribution is 6.00. The van der Waals surface area contributed by atoms with Gasteiger partial charge in [-0.25, -0.2) is 4.79 Å². The third-order valence-electron chi connectivity index (χ3n) is 5.94. The van der Waals surface area contributed by atoms with E-state index in [1.165, 1.54) is 0 Å². The number of amides is 2. The van der Waals surface area contributed by atoms with Gasteiger partial charge in [0.25, 0.3) is 5.91 Å². The quantitative estimate of drug-likeness (QED) is 0.667. The normalized spacial score (nSPS) is 17.2. The second-order valence-electron chi connectivity index (χ2n) is 8.81. The number of esters is 1. The van der Waals surface area contributed by atoms with E-state index >= 15 is 0 Å². The van der Waals surface area contributed by atoms with E-state index in [1.807, 2.05) is 37.3 Å². The van der Waals surface area contributed by atoms with E-state index in [1.54, 1.807) is 32.6 Å². The topological polar surface area (TPSA) is 91.5 Å². The molecule has 2 amide bonds. The number of rotatable bonds is 6. The maximum Gasteiger partial charge on any atom is 0.340 e. The van der Waals surface area contributed by atoms with Crippen LogP contribution in [-0.4, -0.2) is 46.9 Å². The van der Waals surface area contributed by atoms with Crippen LogP contribution in [0.25, 0.3) is 0 Å². The van der Waals surface area contributed by atoms with Crippen molar-refractivity contribution >= 4 is 17.8 Å². The molecule has 0 aliphatic carbocycles. The van der Waals surface area contributed by atoms with E-state index in [-0.39, 0.29) is 29.9 Å². The number of aromatic nitrogens is 1. The van der Waals surface area contributed by atoms with E-state index in [9.17, 15) is 14.4 Å². The molecular formula is C25H33N3O4. The second-order valence-corrected chi connectivity index (χ2v) is 8.81. The zero-order chi connectivity index (χ0) is 23.4. The van der Waals surface area contributed by atoms with Crippen molar-refractivity contribution in [2.75, 3.05) is 13.1 Å². The Morgan fingerprint density at radius 3 is 2.47 bits per heavy atom. The molecule has 0 bridgehead atoms. The Morgan fingerprint density at radius 2 is 1.81 bits per heavy atom. The maximum atomic E-state index is 13.3. The van der Waals surface area contributed by atoms with Gasteiger partial charge in [0.15, 0.2) is 0 Å². The fourth-order valence-corrected chi connectivity index (χ4v) is 4.23. The number of hydrogen-bond acceptors (Lipinski definition) is 4. The molecule has 7 heteroatoms. The zero-order valence-corrected chi connectivity index (χ0v) is 19.5. The van der Waals surface area contributed by atoms with Crippen LogP contribution in [0.5, 0.6) is 0 Å². The lowest BCUT2D eigenvalue weighted by Crippen LogP contribution is -2.46. The van der Waals surface area contributed by atoms with Gasteiger partial charge in [0.2, 0.25) is 5.91 Å². The van der Waals surface area contributed by atoms with Crippen LogP contribution in [0.3, 0.4) is 0 Å². The second kappa shape index (κ2) is 10.0. The first-order valence-corrected chi connectivity index (χ1v) is 11.2. The van der Waals surface area contributed by atoms with E-state index in [0.29, 0.717) is 35.6 Å². The molecule has 1 aliphatic rings. The van der Waals surface area contributed by atoms with Crippen molar-refractivity contribution < 1.29 is 19.1 Å². The minimum Gasteiger partial charge on any atom is -0.459 e. The van der Waals surface area contributed by atoms with Gasteiger partial charge in [0.05, 0.1) is 23.6 Å². The minimum absolute atomic E-state index is 0.0422. The Labute approximate surface area is 189 Å². The molecule has 32 heavy (non-hydrogen) atoms. The molecule has 172 valence electrons. The van der Waals surface area contributed by atoms with E-state index in [4.69, 9.17) is 4.74 Å². The summed E-state index contributed by atoms with van der Waals surface area (Å²) >= 11 is 0. The van der Waals surface area contributed by atoms with Gasteiger partial charge in [0, 0.05) is 18.8 Å². The standard InChI is InChI=1S/C25H33N3O4/c1-15(2)32-25(31)21-16(3)22(26-18(21)5)24(30)28-13-9-12-20(14-28)23(29)27-17(4)19-10-7-6-8-11-19/h6-8,10-11,15,17,20,26H,9,12-14H2,1-5H3,(H,27,29)/t17-,20+/m0/s1. The van der Waals surface area contributed by atoms with Gasteiger partial charge in [-0.3, -0.25) is 9.59 Å². The van der Waals surface area contributed by atoms with Crippen LogP contribution in [-0.2, 0) is 9.53 Å². The summed E-state index contributed by atoms with van der Waals surface area (Å²) in [4.78, 5) is 43.4. The Morgan fingerprint density at radius 1 is 1.12 bits per heavy atom. The summed E-state index contributed by atoms with van der Waals surface area (Å²) in [6, 6.07) is 9.72. The molecule has 0 radical (unpaired) electrons. The molecule has 1 saturated heterocycles. The summed E-state index contributed by atoms with van der Waals surface area (Å²) in [5.74, 6) is -0.932. The summed E-state index contributed by atoms with van der Waals surface area (Å²) in [6.45, 7) is 10.00. The van der Waals surface area contributed by atoms with Gasteiger partial charge in [0.1, 0.15) is 5.69 Å². The Balaban J connectivity index is 1.69. The van der Waals surface area contributed by atoms with Gasteiger partial charge in [-0.15, -0.1) is 0 Å². The van der Waals surface area contributed by atoms with E-state index < -0.39 is 5.97 Å². The summed E-state index contributed by atoms with van der Waals surface area (Å²) in [5.41, 5.74) is 3.03. The van der Waals surface area contributed by atoms with Crippen LogP contribution in [0.1, 0.15) is 77.3 Å². The highest BCUT2D eigenvalue weighted by Gasteiger charge is 2.32. The monoisotopic (exact) mass is 439 g/mol. The summed E-state index contributed by atoms with van der Waals surface area (Å²) in [5, 5.41) is 3.08. The predicted molar refractivity (Wildman–Crippen MR) is 122 cm³/mol. The number of likely N-dealkylation sites (tertiary alicyclic amines) is 1. The van der Waals surface area contributed by atoms with Gasteiger partial charge >= 0.3 is 5.97 Å². The van der Waals surface area contributed by atoms with Gasteiger partial charge in [-0.05, 0) is 58.6 Å². The van der Waals surface area contributed by atoms with Crippen molar-refractivity contribution in [2.24, 2.45) is 5.92 Å². The molecule has 1 aromatic heterocycles. The first-order valence-electron chi connectivity index (χ1n) is 11.2. The van der Waals surface area contributed by atoms with Gasteiger partial charge < -0.3 is 19.9 Å². The van der Waals surface area contributed by atoms with E-state index in [2.05, 4.69) is 10.3 Å². The fraction of sp³-hybridized carbons (Fsp3) is 0.480. The molecule has 0 spiro atoms. The third kappa shape index (κ3) is 5.21. The largest absolute Gasteiger partial charge is 0.459 e. The summed E-state index contributed by atoms with van der Waals surface area (Å²) < 4.78 is 5.32. The van der Waals surface area contributed by atoms with Crippen LogP contribution in [0, 0.1) is 19.8 Å². The van der Waals surface area contributed by atoms with Crippen molar-refractivity contribution in [2.45, 2.75) is 59.6 Å². The molecule has 1 aliphatic heterocycles. The minimum atomic E-state index is -0.434.